The number of nitrogens with one attached hydrogen (secondary N) is 1. The van der Waals surface area contributed by atoms with Crippen LogP contribution in [0.2, 0.25) is 0 Å². The topological polar surface area (TPSA) is 51.5 Å². The zero-order valence-electron chi connectivity index (χ0n) is 9.67. The van der Waals surface area contributed by atoms with E-state index in [2.05, 4.69) is 15.4 Å². The Bertz CT molecular complexity index is 490. The molecule has 1 fully saturated rings. The minimum absolute atomic E-state index is 0.591. The summed E-state index contributed by atoms with van der Waals surface area (Å²) in [6.07, 6.45) is 7.79. The van der Waals surface area contributed by atoms with Gasteiger partial charge in [-0.05, 0) is 24.8 Å². The monoisotopic (exact) mass is 232 g/mol. The minimum Gasteiger partial charge on any atom is -0.381 e. The van der Waals surface area contributed by atoms with Crippen LogP contribution >= 0.6 is 0 Å². The number of nitrogens with zero attached hydrogens (tertiary/aromatic N) is 3. The summed E-state index contributed by atoms with van der Waals surface area (Å²) < 4.78 is 7.29. The maximum atomic E-state index is 5.47. The standard InChI is InChI=1S/C12H16N4O/c1-2-10(9-17-7-1)8-14-12-11-3-4-15-16(11)6-5-13-12/h3-6,10H,1-2,7-9H2,(H,13,14). The Morgan fingerprint density at radius 3 is 3.35 bits per heavy atom. The van der Waals surface area contributed by atoms with E-state index < -0.39 is 0 Å². The lowest BCUT2D eigenvalue weighted by Crippen LogP contribution is -2.24. The van der Waals surface area contributed by atoms with Crippen molar-refractivity contribution in [3.8, 4) is 0 Å². The Morgan fingerprint density at radius 1 is 1.47 bits per heavy atom. The number of rotatable bonds is 3. The van der Waals surface area contributed by atoms with Gasteiger partial charge in [0, 0.05) is 25.5 Å². The van der Waals surface area contributed by atoms with Crippen molar-refractivity contribution in [3.63, 3.8) is 0 Å². The largest absolute Gasteiger partial charge is 0.381 e. The summed E-state index contributed by atoms with van der Waals surface area (Å²) in [4.78, 5) is 4.35. The number of anilines is 1. The van der Waals surface area contributed by atoms with E-state index in [0.29, 0.717) is 5.92 Å². The normalized spacial score (nSPS) is 20.6. The van der Waals surface area contributed by atoms with E-state index in [1.54, 1.807) is 12.4 Å². The molecule has 1 unspecified atom stereocenters. The molecule has 0 radical (unpaired) electrons. The molecule has 5 heteroatoms. The number of ether oxygens (including phenoxy) is 1. The second kappa shape index (κ2) is 4.71. The molecule has 2 aromatic heterocycles. The van der Waals surface area contributed by atoms with Crippen LogP contribution in [0.25, 0.3) is 5.52 Å². The van der Waals surface area contributed by atoms with Crippen molar-refractivity contribution in [1.29, 1.82) is 0 Å². The third-order valence-corrected chi connectivity index (χ3v) is 3.14. The molecule has 1 saturated heterocycles. The average Bonchev–Trinajstić information content (AvgIpc) is 2.86. The van der Waals surface area contributed by atoms with E-state index in [4.69, 9.17) is 4.74 Å². The number of hydrogen-bond donors (Lipinski definition) is 1. The molecule has 3 rings (SSSR count). The lowest BCUT2D eigenvalue weighted by Gasteiger charge is -2.22. The summed E-state index contributed by atoms with van der Waals surface area (Å²) in [5.41, 5.74) is 1.02. The molecule has 1 aliphatic rings. The Balaban J connectivity index is 1.69. The molecule has 0 saturated carbocycles. The minimum atomic E-state index is 0.591. The molecule has 1 atom stereocenters. The Kier molecular flexibility index (Phi) is 2.92. The van der Waals surface area contributed by atoms with Crippen LogP contribution in [0, 0.1) is 5.92 Å². The summed E-state index contributed by atoms with van der Waals surface area (Å²) in [6, 6.07) is 1.96. The molecule has 3 heterocycles. The fourth-order valence-corrected chi connectivity index (χ4v) is 2.20. The van der Waals surface area contributed by atoms with Gasteiger partial charge in [0.2, 0.25) is 0 Å². The molecule has 0 bridgehead atoms. The van der Waals surface area contributed by atoms with Gasteiger partial charge in [-0.1, -0.05) is 0 Å². The van der Waals surface area contributed by atoms with Gasteiger partial charge in [0.25, 0.3) is 0 Å². The van der Waals surface area contributed by atoms with Crippen molar-refractivity contribution in [1.82, 2.24) is 14.6 Å². The highest BCUT2D eigenvalue weighted by molar-refractivity contribution is 5.66. The van der Waals surface area contributed by atoms with Crippen LogP contribution in [0.1, 0.15) is 12.8 Å². The van der Waals surface area contributed by atoms with E-state index in [-0.39, 0.29) is 0 Å². The summed E-state index contributed by atoms with van der Waals surface area (Å²) in [7, 11) is 0. The van der Waals surface area contributed by atoms with Crippen molar-refractivity contribution in [2.45, 2.75) is 12.8 Å². The molecule has 1 N–H and O–H groups in total. The lowest BCUT2D eigenvalue weighted by molar-refractivity contribution is 0.0595. The van der Waals surface area contributed by atoms with Crippen molar-refractivity contribution < 1.29 is 4.74 Å². The highest BCUT2D eigenvalue weighted by Gasteiger charge is 2.14. The van der Waals surface area contributed by atoms with Gasteiger partial charge in [-0.2, -0.15) is 5.10 Å². The Morgan fingerprint density at radius 2 is 2.47 bits per heavy atom. The fraction of sp³-hybridized carbons (Fsp3) is 0.500. The van der Waals surface area contributed by atoms with Crippen LogP contribution in [0.4, 0.5) is 5.82 Å². The third kappa shape index (κ3) is 2.24. The zero-order valence-corrected chi connectivity index (χ0v) is 9.67. The van der Waals surface area contributed by atoms with E-state index in [1.807, 2.05) is 16.8 Å². The molecular formula is C12H16N4O. The maximum absolute atomic E-state index is 5.47. The first-order valence-electron chi connectivity index (χ1n) is 6.03. The van der Waals surface area contributed by atoms with Gasteiger partial charge in [0.05, 0.1) is 12.8 Å². The Hall–Kier alpha value is -1.62. The summed E-state index contributed by atoms with van der Waals surface area (Å²) in [5.74, 6) is 1.49. The summed E-state index contributed by atoms with van der Waals surface area (Å²) >= 11 is 0. The first-order chi connectivity index (χ1) is 8.43. The van der Waals surface area contributed by atoms with Crippen LogP contribution in [0.5, 0.6) is 0 Å². The van der Waals surface area contributed by atoms with Crippen molar-refractivity contribution in [2.24, 2.45) is 5.92 Å². The highest BCUT2D eigenvalue weighted by atomic mass is 16.5. The number of fused-ring (bicyclic) bond motifs is 1. The van der Waals surface area contributed by atoms with Crippen LogP contribution < -0.4 is 5.32 Å². The van der Waals surface area contributed by atoms with Gasteiger partial charge < -0.3 is 10.1 Å². The average molecular weight is 232 g/mol. The third-order valence-electron chi connectivity index (χ3n) is 3.14. The van der Waals surface area contributed by atoms with E-state index in [9.17, 15) is 0 Å². The van der Waals surface area contributed by atoms with Crippen LogP contribution in [0.3, 0.4) is 0 Å². The predicted molar refractivity (Wildman–Crippen MR) is 65.0 cm³/mol. The zero-order chi connectivity index (χ0) is 11.5. The van der Waals surface area contributed by atoms with Gasteiger partial charge in [-0.15, -0.1) is 0 Å². The predicted octanol–water partition coefficient (Wildman–Crippen LogP) is 1.57. The van der Waals surface area contributed by atoms with Crippen molar-refractivity contribution >= 4 is 11.3 Å². The molecule has 5 nitrogen and oxygen atoms in total. The molecule has 1 aliphatic heterocycles. The molecule has 0 aliphatic carbocycles. The van der Waals surface area contributed by atoms with Gasteiger partial charge in [-0.25, -0.2) is 9.50 Å². The molecular weight excluding hydrogens is 216 g/mol. The van der Waals surface area contributed by atoms with Crippen molar-refractivity contribution in [3.05, 3.63) is 24.7 Å². The maximum Gasteiger partial charge on any atom is 0.152 e. The van der Waals surface area contributed by atoms with Gasteiger partial charge in [0.1, 0.15) is 5.52 Å². The molecule has 0 amide bonds. The quantitative estimate of drug-likeness (QED) is 0.872. The first-order valence-corrected chi connectivity index (χ1v) is 6.03. The first kappa shape index (κ1) is 10.5. The lowest BCUT2D eigenvalue weighted by atomic mass is 10.0. The fourth-order valence-electron chi connectivity index (χ4n) is 2.20. The van der Waals surface area contributed by atoms with Gasteiger partial charge in [0.15, 0.2) is 5.82 Å². The van der Waals surface area contributed by atoms with Gasteiger partial charge in [-0.3, -0.25) is 0 Å². The van der Waals surface area contributed by atoms with Gasteiger partial charge >= 0.3 is 0 Å². The summed E-state index contributed by atoms with van der Waals surface area (Å²) in [6.45, 7) is 2.68. The second-order valence-corrected chi connectivity index (χ2v) is 4.40. The smallest absolute Gasteiger partial charge is 0.152 e. The van der Waals surface area contributed by atoms with Crippen molar-refractivity contribution in [2.75, 3.05) is 25.1 Å². The summed E-state index contributed by atoms with van der Waals surface area (Å²) in [5, 5.41) is 7.58. The second-order valence-electron chi connectivity index (χ2n) is 4.40. The Labute approximate surface area is 99.8 Å². The molecule has 0 aromatic carbocycles. The number of aromatic nitrogens is 3. The van der Waals surface area contributed by atoms with E-state index in [1.165, 1.54) is 6.42 Å². The molecule has 0 spiro atoms. The molecule has 90 valence electrons. The molecule has 17 heavy (non-hydrogen) atoms. The number of hydrogen-bond acceptors (Lipinski definition) is 4. The van der Waals surface area contributed by atoms with Crippen LogP contribution in [-0.4, -0.2) is 34.4 Å². The van der Waals surface area contributed by atoms with Crippen LogP contribution in [0.15, 0.2) is 24.7 Å². The SMILES string of the molecule is c1cn2nccc2c(NCC2CCCOC2)n1. The van der Waals surface area contributed by atoms with E-state index in [0.717, 1.165) is 37.5 Å². The highest BCUT2D eigenvalue weighted by Crippen LogP contribution is 2.16. The van der Waals surface area contributed by atoms with E-state index >= 15 is 0 Å². The molecule has 2 aromatic rings. The van der Waals surface area contributed by atoms with Crippen LogP contribution in [-0.2, 0) is 4.74 Å².